The van der Waals surface area contributed by atoms with Crippen LogP contribution in [0.2, 0.25) is 0 Å². The number of methoxy groups -OCH3 is 1. The van der Waals surface area contributed by atoms with Crippen LogP contribution >= 0.6 is 0 Å². The zero-order valence-corrected chi connectivity index (χ0v) is 20.7. The van der Waals surface area contributed by atoms with E-state index in [0.29, 0.717) is 36.8 Å². The number of hydrogen-bond donors (Lipinski definition) is 0. The predicted molar refractivity (Wildman–Crippen MR) is 134 cm³/mol. The zero-order chi connectivity index (χ0) is 24.8. The molecule has 0 saturated carbocycles. The summed E-state index contributed by atoms with van der Waals surface area (Å²) in [7, 11) is 3.46. The van der Waals surface area contributed by atoms with E-state index in [1.165, 1.54) is 24.1 Å². The van der Waals surface area contributed by atoms with E-state index >= 15 is 0 Å². The molecule has 1 atom stereocenters. The molecule has 35 heavy (non-hydrogen) atoms. The third kappa shape index (κ3) is 6.07. The molecule has 2 heterocycles. The van der Waals surface area contributed by atoms with Crippen molar-refractivity contribution in [3.63, 3.8) is 0 Å². The summed E-state index contributed by atoms with van der Waals surface area (Å²) in [6, 6.07) is 11.6. The normalized spacial score (nSPS) is 13.5. The molecule has 182 valence electrons. The maximum atomic E-state index is 12.1. The van der Waals surface area contributed by atoms with Crippen molar-refractivity contribution in [1.29, 1.82) is 0 Å². The number of carbonyl (C=O) groups is 1. The van der Waals surface area contributed by atoms with Crippen LogP contribution < -0.4 is 9.47 Å². The van der Waals surface area contributed by atoms with Crippen molar-refractivity contribution in [2.24, 2.45) is 7.05 Å². The van der Waals surface area contributed by atoms with Crippen LogP contribution in [0.25, 0.3) is 4.85 Å². The van der Waals surface area contributed by atoms with Gasteiger partial charge in [-0.2, -0.15) is 5.10 Å². The lowest BCUT2D eigenvalue weighted by molar-refractivity contribution is -0.117. The van der Waals surface area contributed by atoms with Crippen molar-refractivity contribution in [2.45, 2.75) is 57.8 Å². The highest BCUT2D eigenvalue weighted by Crippen LogP contribution is 2.35. The highest BCUT2D eigenvalue weighted by Gasteiger charge is 2.21. The molecule has 7 nitrogen and oxygen atoms in total. The summed E-state index contributed by atoms with van der Waals surface area (Å²) in [5, 5.41) is 4.63. The molecule has 0 saturated heterocycles. The Morgan fingerprint density at radius 3 is 2.77 bits per heavy atom. The van der Waals surface area contributed by atoms with Crippen molar-refractivity contribution in [3.05, 3.63) is 76.0 Å². The molecule has 3 aromatic rings. The Morgan fingerprint density at radius 1 is 1.17 bits per heavy atom. The Kier molecular flexibility index (Phi) is 7.81. The standard InChI is InChI=1S/C28H32N4O3/c1-19(33)15-21(25-17-23(29-2)11-12-27(25)34-4)16-24-18-28(32(3)31-24)35-14-13-22-10-9-20-7-5-6-8-26(20)30-22/h9-12,17-18,21H,5-8,13-16H2,1,3-4H3. The third-order valence-electron chi connectivity index (χ3n) is 6.50. The second-order valence-electron chi connectivity index (χ2n) is 9.16. The van der Waals surface area contributed by atoms with Crippen molar-refractivity contribution >= 4 is 11.5 Å². The predicted octanol–water partition coefficient (Wildman–Crippen LogP) is 5.18. The second-order valence-corrected chi connectivity index (χ2v) is 9.16. The molecule has 4 rings (SSSR count). The summed E-state index contributed by atoms with van der Waals surface area (Å²) in [5.41, 5.74) is 5.89. The first-order valence-electron chi connectivity index (χ1n) is 12.1. The molecule has 0 N–H and O–H groups in total. The first kappa shape index (κ1) is 24.5. The fourth-order valence-electron chi connectivity index (χ4n) is 4.77. The molecule has 0 radical (unpaired) electrons. The van der Waals surface area contributed by atoms with Gasteiger partial charge in [-0.15, -0.1) is 0 Å². The Bertz CT molecular complexity index is 1240. The number of Topliss-reactive ketones (excluding diaryl/α,β-unsaturated/α-hetero) is 1. The second kappa shape index (κ2) is 11.2. The van der Waals surface area contributed by atoms with Gasteiger partial charge in [0.2, 0.25) is 5.88 Å². The topological polar surface area (TPSA) is 70.6 Å². The largest absolute Gasteiger partial charge is 0.497 e. The van der Waals surface area contributed by atoms with E-state index in [4.69, 9.17) is 21.0 Å². The molecule has 1 unspecified atom stereocenters. The maximum absolute atomic E-state index is 12.1. The quantitative estimate of drug-likeness (QED) is 0.380. The summed E-state index contributed by atoms with van der Waals surface area (Å²) in [6.45, 7) is 9.46. The molecule has 0 aliphatic heterocycles. The van der Waals surface area contributed by atoms with Gasteiger partial charge in [0, 0.05) is 37.3 Å². The van der Waals surface area contributed by atoms with E-state index in [9.17, 15) is 4.79 Å². The Hall–Kier alpha value is -3.66. The number of ether oxygens (including phenoxy) is 2. The Morgan fingerprint density at radius 2 is 2.00 bits per heavy atom. The number of aryl methyl sites for hydroxylation is 3. The summed E-state index contributed by atoms with van der Waals surface area (Å²) in [5.74, 6) is 1.29. The lowest BCUT2D eigenvalue weighted by Crippen LogP contribution is -2.10. The van der Waals surface area contributed by atoms with Gasteiger partial charge in [-0.05, 0) is 74.3 Å². The van der Waals surface area contributed by atoms with Gasteiger partial charge >= 0.3 is 0 Å². The van der Waals surface area contributed by atoms with Gasteiger partial charge < -0.3 is 14.3 Å². The number of ketones is 1. The molecule has 2 aromatic heterocycles. The number of carbonyl (C=O) groups excluding carboxylic acids is 1. The maximum Gasteiger partial charge on any atom is 0.211 e. The van der Waals surface area contributed by atoms with Crippen molar-refractivity contribution in [3.8, 4) is 11.6 Å². The number of benzene rings is 1. The van der Waals surface area contributed by atoms with Gasteiger partial charge in [0.1, 0.15) is 11.5 Å². The van der Waals surface area contributed by atoms with E-state index in [1.807, 2.05) is 19.2 Å². The van der Waals surface area contributed by atoms with Crippen LogP contribution in [0.1, 0.15) is 60.3 Å². The fourth-order valence-corrected chi connectivity index (χ4v) is 4.77. The molecule has 1 aliphatic rings. The number of nitrogens with zero attached hydrogens (tertiary/aromatic N) is 4. The van der Waals surface area contributed by atoms with Crippen molar-refractivity contribution in [2.75, 3.05) is 13.7 Å². The molecule has 0 bridgehead atoms. The number of rotatable bonds is 10. The van der Waals surface area contributed by atoms with E-state index in [-0.39, 0.29) is 11.7 Å². The minimum Gasteiger partial charge on any atom is -0.497 e. The van der Waals surface area contributed by atoms with Crippen LogP contribution in [0.15, 0.2) is 36.4 Å². The molecular formula is C28H32N4O3. The number of fused-ring (bicyclic) bond motifs is 1. The SMILES string of the molecule is [C-]#[N+]c1ccc(OC)c(C(CC(C)=O)Cc2cc(OCCc3ccc4c(n3)CCCC4)n(C)n2)c1. The van der Waals surface area contributed by atoms with Gasteiger partial charge in [-0.1, -0.05) is 12.1 Å². The number of aromatic nitrogens is 3. The van der Waals surface area contributed by atoms with Crippen LogP contribution in [0.4, 0.5) is 5.69 Å². The van der Waals surface area contributed by atoms with Crippen LogP contribution in [0.5, 0.6) is 11.6 Å². The Labute approximate surface area is 206 Å². The molecule has 7 heteroatoms. The zero-order valence-electron chi connectivity index (χ0n) is 20.7. The number of hydrogen-bond acceptors (Lipinski definition) is 5. The molecule has 0 amide bonds. The summed E-state index contributed by atoms with van der Waals surface area (Å²) < 4.78 is 13.3. The van der Waals surface area contributed by atoms with Crippen LogP contribution in [-0.2, 0) is 37.5 Å². The average molecular weight is 473 g/mol. The first-order valence-corrected chi connectivity index (χ1v) is 12.1. The molecule has 0 spiro atoms. The molecule has 1 aliphatic carbocycles. The van der Waals surface area contributed by atoms with Gasteiger partial charge in [0.15, 0.2) is 5.69 Å². The van der Waals surface area contributed by atoms with Crippen LogP contribution in [0.3, 0.4) is 0 Å². The molecule has 0 fully saturated rings. The minimum absolute atomic E-state index is 0.0789. The summed E-state index contributed by atoms with van der Waals surface area (Å²) >= 11 is 0. The van der Waals surface area contributed by atoms with E-state index < -0.39 is 0 Å². The molecular weight excluding hydrogens is 440 g/mol. The minimum atomic E-state index is -0.147. The lowest BCUT2D eigenvalue weighted by atomic mass is 9.89. The summed E-state index contributed by atoms with van der Waals surface area (Å²) in [4.78, 5) is 20.4. The first-order chi connectivity index (χ1) is 17.0. The smallest absolute Gasteiger partial charge is 0.211 e. The fraction of sp³-hybridized carbons (Fsp3) is 0.429. The van der Waals surface area contributed by atoms with E-state index in [1.54, 1.807) is 30.8 Å². The average Bonchev–Trinajstić information content (AvgIpc) is 3.21. The Balaban J connectivity index is 1.44. The monoisotopic (exact) mass is 472 g/mol. The van der Waals surface area contributed by atoms with Gasteiger partial charge in [0.25, 0.3) is 0 Å². The van der Waals surface area contributed by atoms with E-state index in [0.717, 1.165) is 36.2 Å². The highest BCUT2D eigenvalue weighted by molar-refractivity contribution is 5.76. The molecule has 1 aromatic carbocycles. The van der Waals surface area contributed by atoms with Crippen LogP contribution in [-0.4, -0.2) is 34.3 Å². The van der Waals surface area contributed by atoms with Gasteiger partial charge in [0.05, 0.1) is 26.0 Å². The van der Waals surface area contributed by atoms with Crippen molar-refractivity contribution < 1.29 is 14.3 Å². The van der Waals surface area contributed by atoms with E-state index in [2.05, 4.69) is 22.1 Å². The number of pyridine rings is 1. The van der Waals surface area contributed by atoms with Gasteiger partial charge in [-0.25, -0.2) is 9.53 Å². The highest BCUT2D eigenvalue weighted by atomic mass is 16.5. The third-order valence-corrected chi connectivity index (χ3v) is 6.50. The summed E-state index contributed by atoms with van der Waals surface area (Å²) in [6.07, 6.45) is 6.30. The lowest BCUT2D eigenvalue weighted by Gasteiger charge is -2.18. The van der Waals surface area contributed by atoms with Crippen LogP contribution in [0, 0.1) is 6.57 Å². The van der Waals surface area contributed by atoms with Gasteiger partial charge in [-0.3, -0.25) is 4.98 Å². The van der Waals surface area contributed by atoms with Crippen molar-refractivity contribution in [1.82, 2.24) is 14.8 Å².